The lowest BCUT2D eigenvalue weighted by molar-refractivity contribution is -0.137. The van der Waals surface area contributed by atoms with Crippen LogP contribution in [0, 0.1) is 0 Å². The van der Waals surface area contributed by atoms with Crippen LogP contribution in [-0.2, 0) is 6.18 Å². The summed E-state index contributed by atoms with van der Waals surface area (Å²) in [5.41, 5.74) is -0.486. The van der Waals surface area contributed by atoms with Gasteiger partial charge in [-0.1, -0.05) is 6.07 Å². The average Bonchev–Trinajstić information content (AvgIpc) is 3.16. The van der Waals surface area contributed by atoms with E-state index in [4.69, 9.17) is 0 Å². The zero-order chi connectivity index (χ0) is 21.3. The van der Waals surface area contributed by atoms with E-state index in [9.17, 15) is 22.8 Å². The van der Waals surface area contributed by atoms with Crippen LogP contribution in [0.1, 0.15) is 44.9 Å². The van der Waals surface area contributed by atoms with Crippen LogP contribution in [0.3, 0.4) is 0 Å². The predicted molar refractivity (Wildman–Crippen MR) is 111 cm³/mol. The first kappa shape index (κ1) is 20.4. The van der Waals surface area contributed by atoms with E-state index in [0.29, 0.717) is 10.6 Å². The van der Waals surface area contributed by atoms with Gasteiger partial charge in [0.15, 0.2) is 0 Å². The lowest BCUT2D eigenvalue weighted by atomic mass is 10.1. The zero-order valence-corrected chi connectivity index (χ0v) is 16.8. The van der Waals surface area contributed by atoms with Crippen molar-refractivity contribution < 1.29 is 22.8 Å². The van der Waals surface area contributed by atoms with Crippen molar-refractivity contribution in [2.45, 2.75) is 25.4 Å². The topological polar surface area (TPSA) is 49.4 Å². The third kappa shape index (κ3) is 4.33. The highest BCUT2D eigenvalue weighted by atomic mass is 32.1. The van der Waals surface area contributed by atoms with Crippen molar-refractivity contribution in [1.29, 1.82) is 0 Å². The van der Waals surface area contributed by atoms with Gasteiger partial charge in [0.2, 0.25) is 0 Å². The number of nitrogens with zero attached hydrogens (tertiary/aromatic N) is 1. The van der Waals surface area contributed by atoms with Gasteiger partial charge in [-0.15, -0.1) is 11.3 Å². The van der Waals surface area contributed by atoms with Gasteiger partial charge in [-0.25, -0.2) is 0 Å². The summed E-state index contributed by atoms with van der Waals surface area (Å²) in [5, 5.41) is 3.44. The number of rotatable bonds is 3. The Morgan fingerprint density at radius 3 is 2.47 bits per heavy atom. The molecule has 0 spiro atoms. The SMILES string of the molecule is O=C(Nc1ccc2sc(C(=O)N3CCCCC3)cc2c1)c1cccc(C(F)(F)F)c1. The Bertz CT molecular complexity index is 1100. The molecule has 2 heterocycles. The smallest absolute Gasteiger partial charge is 0.338 e. The number of carbonyl (C=O) groups excluding carboxylic acids is 2. The van der Waals surface area contributed by atoms with Gasteiger partial charge >= 0.3 is 6.18 Å². The van der Waals surface area contributed by atoms with Crippen LogP contribution in [-0.4, -0.2) is 29.8 Å². The fraction of sp³-hybridized carbons (Fsp3) is 0.273. The minimum absolute atomic E-state index is 0.0189. The number of amides is 2. The number of nitrogens with one attached hydrogen (secondary N) is 1. The number of likely N-dealkylation sites (tertiary alicyclic amines) is 1. The van der Waals surface area contributed by atoms with Crippen LogP contribution in [0.15, 0.2) is 48.5 Å². The van der Waals surface area contributed by atoms with Crippen molar-refractivity contribution in [3.05, 3.63) is 64.5 Å². The second-order valence-electron chi connectivity index (χ2n) is 7.25. The molecule has 4 nitrogen and oxygen atoms in total. The average molecular weight is 432 g/mol. The van der Waals surface area contributed by atoms with Gasteiger partial charge in [0.25, 0.3) is 11.8 Å². The quantitative estimate of drug-likeness (QED) is 0.569. The predicted octanol–water partition coefficient (Wildman–Crippen LogP) is 5.80. The maximum absolute atomic E-state index is 12.9. The molecule has 1 saturated heterocycles. The van der Waals surface area contributed by atoms with E-state index in [1.165, 1.54) is 23.5 Å². The highest BCUT2D eigenvalue weighted by molar-refractivity contribution is 7.20. The summed E-state index contributed by atoms with van der Waals surface area (Å²) in [6.07, 6.45) is -1.33. The molecule has 3 aromatic rings. The van der Waals surface area contributed by atoms with Gasteiger partial charge < -0.3 is 10.2 Å². The molecule has 2 amide bonds. The van der Waals surface area contributed by atoms with Crippen molar-refractivity contribution in [3.8, 4) is 0 Å². The van der Waals surface area contributed by atoms with Gasteiger partial charge in [-0.2, -0.15) is 13.2 Å². The first-order valence-electron chi connectivity index (χ1n) is 9.63. The molecule has 1 fully saturated rings. The van der Waals surface area contributed by atoms with E-state index in [1.807, 2.05) is 4.90 Å². The number of carbonyl (C=O) groups is 2. The Labute approximate surface area is 175 Å². The fourth-order valence-electron chi connectivity index (χ4n) is 3.52. The van der Waals surface area contributed by atoms with Crippen molar-refractivity contribution >= 4 is 38.9 Å². The number of hydrogen-bond donors (Lipinski definition) is 1. The molecule has 4 rings (SSSR count). The van der Waals surface area contributed by atoms with E-state index in [1.54, 1.807) is 24.3 Å². The Balaban J connectivity index is 1.52. The van der Waals surface area contributed by atoms with Crippen molar-refractivity contribution in [2.24, 2.45) is 0 Å². The number of alkyl halides is 3. The van der Waals surface area contributed by atoms with Gasteiger partial charge in [0, 0.05) is 29.0 Å². The van der Waals surface area contributed by atoms with E-state index in [0.717, 1.165) is 54.6 Å². The molecule has 2 aromatic carbocycles. The molecule has 0 radical (unpaired) electrons. The molecule has 0 saturated carbocycles. The number of anilines is 1. The summed E-state index contributed by atoms with van der Waals surface area (Å²) in [6, 6.07) is 11.3. The number of piperidine rings is 1. The van der Waals surface area contributed by atoms with Crippen molar-refractivity contribution in [3.63, 3.8) is 0 Å². The molecule has 0 aliphatic carbocycles. The number of halogens is 3. The third-order valence-corrected chi connectivity index (χ3v) is 6.18. The molecule has 0 unspecified atom stereocenters. The highest BCUT2D eigenvalue weighted by Crippen LogP contribution is 2.31. The molecular formula is C22H19F3N2O2S. The standard InChI is InChI=1S/C22H19F3N2O2S/c23-22(24,25)16-6-4-5-14(11-16)20(28)26-17-7-8-18-15(12-17)13-19(30-18)21(29)27-9-2-1-3-10-27/h4-8,11-13H,1-3,9-10H2,(H,26,28). The van der Waals surface area contributed by atoms with E-state index in [-0.39, 0.29) is 11.5 Å². The molecular weight excluding hydrogens is 413 g/mol. The fourth-order valence-corrected chi connectivity index (χ4v) is 4.53. The lowest BCUT2D eigenvalue weighted by Crippen LogP contribution is -2.35. The zero-order valence-electron chi connectivity index (χ0n) is 16.0. The van der Waals surface area contributed by atoms with Crippen LogP contribution >= 0.6 is 11.3 Å². The second-order valence-corrected chi connectivity index (χ2v) is 8.33. The second kappa shape index (κ2) is 8.10. The first-order chi connectivity index (χ1) is 14.3. The molecule has 1 aliphatic rings. The van der Waals surface area contributed by atoms with E-state index < -0.39 is 17.6 Å². The van der Waals surface area contributed by atoms with E-state index >= 15 is 0 Å². The summed E-state index contributed by atoms with van der Waals surface area (Å²) in [4.78, 5) is 27.6. The van der Waals surface area contributed by atoms with Gasteiger partial charge in [0.05, 0.1) is 10.4 Å². The molecule has 156 valence electrons. The monoisotopic (exact) mass is 432 g/mol. The Hall–Kier alpha value is -2.87. The Morgan fingerprint density at radius 1 is 0.967 bits per heavy atom. The maximum Gasteiger partial charge on any atom is 0.416 e. The molecule has 1 N–H and O–H groups in total. The number of fused-ring (bicyclic) bond motifs is 1. The lowest BCUT2D eigenvalue weighted by Gasteiger charge is -2.26. The van der Waals surface area contributed by atoms with Crippen LogP contribution in [0.2, 0.25) is 0 Å². The molecule has 1 aromatic heterocycles. The summed E-state index contributed by atoms with van der Waals surface area (Å²) in [6.45, 7) is 1.54. The Kier molecular flexibility index (Phi) is 5.51. The minimum Gasteiger partial charge on any atom is -0.338 e. The first-order valence-corrected chi connectivity index (χ1v) is 10.4. The van der Waals surface area contributed by atoms with Gasteiger partial charge in [-0.3, -0.25) is 9.59 Å². The van der Waals surface area contributed by atoms with Crippen molar-refractivity contribution in [2.75, 3.05) is 18.4 Å². The summed E-state index contributed by atoms with van der Waals surface area (Å²) >= 11 is 1.40. The third-order valence-electron chi connectivity index (χ3n) is 5.08. The van der Waals surface area contributed by atoms with Crippen molar-refractivity contribution in [1.82, 2.24) is 4.90 Å². The number of benzene rings is 2. The van der Waals surface area contributed by atoms with Crippen LogP contribution in [0.5, 0.6) is 0 Å². The molecule has 1 aliphatic heterocycles. The largest absolute Gasteiger partial charge is 0.416 e. The summed E-state index contributed by atoms with van der Waals surface area (Å²) < 4.78 is 39.5. The number of hydrogen-bond acceptors (Lipinski definition) is 3. The molecule has 30 heavy (non-hydrogen) atoms. The van der Waals surface area contributed by atoms with Crippen LogP contribution in [0.4, 0.5) is 18.9 Å². The van der Waals surface area contributed by atoms with Crippen LogP contribution in [0.25, 0.3) is 10.1 Å². The molecule has 0 atom stereocenters. The highest BCUT2D eigenvalue weighted by Gasteiger charge is 2.31. The Morgan fingerprint density at radius 2 is 1.73 bits per heavy atom. The summed E-state index contributed by atoms with van der Waals surface area (Å²) in [7, 11) is 0. The number of thiophene rings is 1. The van der Waals surface area contributed by atoms with Gasteiger partial charge in [0.1, 0.15) is 0 Å². The summed E-state index contributed by atoms with van der Waals surface area (Å²) in [5.74, 6) is -0.606. The van der Waals surface area contributed by atoms with Crippen LogP contribution < -0.4 is 5.32 Å². The van der Waals surface area contributed by atoms with Gasteiger partial charge in [-0.05, 0) is 67.1 Å². The normalized spacial score (nSPS) is 14.7. The minimum atomic E-state index is -4.51. The van der Waals surface area contributed by atoms with E-state index in [2.05, 4.69) is 5.32 Å². The maximum atomic E-state index is 12.9. The molecule has 0 bridgehead atoms. The molecule has 8 heteroatoms.